The molecule has 0 amide bonds. The number of halogens is 2. The molecule has 0 aliphatic carbocycles. The summed E-state index contributed by atoms with van der Waals surface area (Å²) in [6.45, 7) is 5.14. The predicted octanol–water partition coefficient (Wildman–Crippen LogP) is 3.81. The number of aliphatic imine (C=N–C) groups is 1. The van der Waals surface area contributed by atoms with Crippen molar-refractivity contribution in [3.63, 3.8) is 0 Å². The zero-order valence-corrected chi connectivity index (χ0v) is 17.4. The van der Waals surface area contributed by atoms with Crippen molar-refractivity contribution < 1.29 is 4.39 Å². The van der Waals surface area contributed by atoms with Gasteiger partial charge in [-0.3, -0.25) is 4.99 Å². The summed E-state index contributed by atoms with van der Waals surface area (Å²) >= 11 is 1.70. The van der Waals surface area contributed by atoms with Gasteiger partial charge in [-0.1, -0.05) is 12.1 Å². The van der Waals surface area contributed by atoms with Gasteiger partial charge in [0, 0.05) is 37.6 Å². The molecule has 7 heteroatoms. The third-order valence-corrected chi connectivity index (χ3v) is 4.47. The maximum absolute atomic E-state index is 13.5. The zero-order chi connectivity index (χ0) is 16.7. The van der Waals surface area contributed by atoms with Crippen molar-refractivity contribution in [3.8, 4) is 0 Å². The molecule has 0 atom stereocenters. The largest absolute Gasteiger partial charge is 0.356 e. The van der Waals surface area contributed by atoms with E-state index < -0.39 is 0 Å². The van der Waals surface area contributed by atoms with Gasteiger partial charge in [-0.15, -0.1) is 35.3 Å². The van der Waals surface area contributed by atoms with Crippen LogP contribution in [0.4, 0.5) is 4.39 Å². The van der Waals surface area contributed by atoms with Crippen molar-refractivity contribution in [1.82, 2.24) is 15.6 Å². The van der Waals surface area contributed by atoms with Crippen LogP contribution in [0.15, 0.2) is 28.6 Å². The van der Waals surface area contributed by atoms with Gasteiger partial charge in [0.2, 0.25) is 0 Å². The number of guanidine groups is 1. The van der Waals surface area contributed by atoms with E-state index in [9.17, 15) is 4.39 Å². The van der Waals surface area contributed by atoms with Gasteiger partial charge < -0.3 is 10.6 Å². The van der Waals surface area contributed by atoms with E-state index in [4.69, 9.17) is 0 Å². The van der Waals surface area contributed by atoms with Crippen LogP contribution in [0, 0.1) is 19.7 Å². The Morgan fingerprint density at radius 3 is 2.71 bits per heavy atom. The minimum Gasteiger partial charge on any atom is -0.356 e. The number of hydrogen-bond acceptors (Lipinski definition) is 3. The third kappa shape index (κ3) is 6.72. The molecular weight excluding hydrogens is 438 g/mol. The predicted molar refractivity (Wildman–Crippen MR) is 110 cm³/mol. The lowest BCUT2D eigenvalue weighted by Gasteiger charge is -2.12. The van der Waals surface area contributed by atoms with E-state index in [1.165, 1.54) is 5.01 Å². The van der Waals surface area contributed by atoms with Crippen LogP contribution in [-0.2, 0) is 13.0 Å². The molecule has 0 aliphatic rings. The Labute approximate surface area is 164 Å². The first-order valence-corrected chi connectivity index (χ1v) is 8.57. The van der Waals surface area contributed by atoms with E-state index in [1.807, 2.05) is 13.0 Å². The molecule has 0 bridgehead atoms. The molecule has 24 heavy (non-hydrogen) atoms. The average molecular weight is 462 g/mol. The van der Waals surface area contributed by atoms with E-state index in [-0.39, 0.29) is 29.8 Å². The lowest BCUT2D eigenvalue weighted by molar-refractivity contribution is 0.615. The standard InChI is InChI=1S/C17H23FN4S.HI/c1-12-6-7-14(9-15(12)18)10-21-17(19-3)20-8-4-5-16-22-13(2)11-23-16;/h6-7,9,11H,4-5,8,10H2,1-3H3,(H2,19,20,21);1H. The highest BCUT2D eigenvalue weighted by Crippen LogP contribution is 2.10. The molecule has 2 N–H and O–H groups in total. The summed E-state index contributed by atoms with van der Waals surface area (Å²) in [6, 6.07) is 5.27. The Morgan fingerprint density at radius 1 is 1.29 bits per heavy atom. The second-order valence-corrected chi connectivity index (χ2v) is 6.36. The van der Waals surface area contributed by atoms with Gasteiger partial charge in [0.15, 0.2) is 5.96 Å². The van der Waals surface area contributed by atoms with Gasteiger partial charge >= 0.3 is 0 Å². The van der Waals surface area contributed by atoms with Crippen molar-refractivity contribution in [3.05, 3.63) is 51.2 Å². The normalized spacial score (nSPS) is 11.1. The first-order chi connectivity index (χ1) is 11.1. The Balaban J connectivity index is 0.00000288. The van der Waals surface area contributed by atoms with E-state index >= 15 is 0 Å². The third-order valence-electron chi connectivity index (χ3n) is 3.45. The Morgan fingerprint density at radius 2 is 2.08 bits per heavy atom. The highest BCUT2D eigenvalue weighted by atomic mass is 127. The van der Waals surface area contributed by atoms with Gasteiger partial charge in [0.1, 0.15) is 5.82 Å². The molecule has 2 aromatic rings. The van der Waals surface area contributed by atoms with Crippen LogP contribution in [0.3, 0.4) is 0 Å². The zero-order valence-electron chi connectivity index (χ0n) is 14.2. The molecule has 1 heterocycles. The summed E-state index contributed by atoms with van der Waals surface area (Å²) in [5.41, 5.74) is 2.64. The van der Waals surface area contributed by atoms with Gasteiger partial charge in [-0.05, 0) is 37.5 Å². The quantitative estimate of drug-likeness (QED) is 0.297. The van der Waals surface area contributed by atoms with Crippen LogP contribution in [0.25, 0.3) is 0 Å². The summed E-state index contributed by atoms with van der Waals surface area (Å²) in [5, 5.41) is 9.70. The first-order valence-electron chi connectivity index (χ1n) is 7.69. The fourth-order valence-electron chi connectivity index (χ4n) is 2.12. The number of thiazole rings is 1. The topological polar surface area (TPSA) is 49.3 Å². The fraction of sp³-hybridized carbons (Fsp3) is 0.412. The monoisotopic (exact) mass is 462 g/mol. The number of aromatic nitrogens is 1. The molecule has 0 saturated heterocycles. The first kappa shape index (κ1) is 20.8. The number of aryl methyl sites for hydroxylation is 3. The fourth-order valence-corrected chi connectivity index (χ4v) is 2.93. The maximum atomic E-state index is 13.5. The molecule has 2 rings (SSSR count). The molecule has 0 unspecified atom stereocenters. The van der Waals surface area contributed by atoms with Crippen LogP contribution in [0.1, 0.15) is 28.2 Å². The van der Waals surface area contributed by atoms with E-state index in [2.05, 4.69) is 26.0 Å². The molecular formula is C17H24FIN4S. The smallest absolute Gasteiger partial charge is 0.191 e. The highest BCUT2D eigenvalue weighted by Gasteiger charge is 2.02. The number of nitrogens with zero attached hydrogens (tertiary/aromatic N) is 2. The Hall–Kier alpha value is -1.22. The van der Waals surface area contributed by atoms with E-state index in [0.717, 1.165) is 36.6 Å². The van der Waals surface area contributed by atoms with E-state index in [1.54, 1.807) is 37.4 Å². The molecule has 132 valence electrons. The second kappa shape index (κ2) is 10.6. The minimum atomic E-state index is -0.175. The Kier molecular flexibility index (Phi) is 9.20. The maximum Gasteiger partial charge on any atom is 0.191 e. The van der Waals surface area contributed by atoms with Crippen LogP contribution in [-0.4, -0.2) is 24.5 Å². The highest BCUT2D eigenvalue weighted by molar-refractivity contribution is 14.0. The molecule has 1 aromatic carbocycles. The summed E-state index contributed by atoms with van der Waals surface area (Å²) in [7, 11) is 1.73. The van der Waals surface area contributed by atoms with Gasteiger partial charge in [-0.2, -0.15) is 0 Å². The molecule has 1 aromatic heterocycles. The van der Waals surface area contributed by atoms with Crippen molar-refractivity contribution >= 4 is 41.3 Å². The SMILES string of the molecule is CN=C(NCCCc1nc(C)cs1)NCc1ccc(C)c(F)c1.I. The lowest BCUT2D eigenvalue weighted by Crippen LogP contribution is -2.37. The van der Waals surface area contributed by atoms with Gasteiger partial charge in [-0.25, -0.2) is 9.37 Å². The summed E-state index contributed by atoms with van der Waals surface area (Å²) in [4.78, 5) is 8.63. The summed E-state index contributed by atoms with van der Waals surface area (Å²) in [6.07, 6.45) is 1.96. The van der Waals surface area contributed by atoms with Crippen molar-refractivity contribution in [2.75, 3.05) is 13.6 Å². The lowest BCUT2D eigenvalue weighted by atomic mass is 10.1. The van der Waals surface area contributed by atoms with Crippen LogP contribution in [0.5, 0.6) is 0 Å². The molecule has 0 spiro atoms. The van der Waals surface area contributed by atoms with Crippen molar-refractivity contribution in [2.24, 2.45) is 4.99 Å². The summed E-state index contributed by atoms with van der Waals surface area (Å²) in [5.74, 6) is 0.548. The molecule has 0 radical (unpaired) electrons. The van der Waals surface area contributed by atoms with Crippen molar-refractivity contribution in [2.45, 2.75) is 33.2 Å². The molecule has 4 nitrogen and oxygen atoms in total. The number of benzene rings is 1. The van der Waals surface area contributed by atoms with Gasteiger partial charge in [0.25, 0.3) is 0 Å². The summed E-state index contributed by atoms with van der Waals surface area (Å²) < 4.78 is 13.5. The second-order valence-electron chi connectivity index (χ2n) is 5.42. The van der Waals surface area contributed by atoms with Crippen molar-refractivity contribution in [1.29, 1.82) is 0 Å². The molecule has 0 fully saturated rings. The number of nitrogens with one attached hydrogen (secondary N) is 2. The van der Waals surface area contributed by atoms with E-state index in [0.29, 0.717) is 12.1 Å². The average Bonchev–Trinajstić information content (AvgIpc) is 2.95. The molecule has 0 saturated carbocycles. The number of hydrogen-bond donors (Lipinski definition) is 2. The van der Waals surface area contributed by atoms with Crippen LogP contribution >= 0.6 is 35.3 Å². The van der Waals surface area contributed by atoms with Crippen LogP contribution in [0.2, 0.25) is 0 Å². The Bertz CT molecular complexity index is 672. The number of rotatable bonds is 6. The van der Waals surface area contributed by atoms with Gasteiger partial charge in [0.05, 0.1) is 5.01 Å². The van der Waals surface area contributed by atoms with Crippen LogP contribution < -0.4 is 10.6 Å². The minimum absolute atomic E-state index is 0. The molecule has 0 aliphatic heterocycles.